The highest BCUT2D eigenvalue weighted by molar-refractivity contribution is 8.18. The van der Waals surface area contributed by atoms with Crippen molar-refractivity contribution in [3.63, 3.8) is 0 Å². The van der Waals surface area contributed by atoms with Crippen molar-refractivity contribution in [3.05, 3.63) is 71.2 Å². The number of allylic oxidation sites excluding steroid dienone is 2. The molecule has 1 fully saturated rings. The molecule has 0 aromatic heterocycles. The fraction of sp³-hybridized carbons (Fsp3) is 0.217. The molecule has 0 aliphatic carbocycles. The molecule has 2 aromatic rings. The molecule has 0 unspecified atom stereocenters. The third-order valence-corrected chi connectivity index (χ3v) is 5.39. The molecule has 0 spiro atoms. The number of nitrogens with zero attached hydrogens (tertiary/aromatic N) is 2. The van der Waals surface area contributed by atoms with Crippen LogP contribution in [0.3, 0.4) is 0 Å². The van der Waals surface area contributed by atoms with Crippen molar-refractivity contribution in [2.24, 2.45) is 0 Å². The lowest BCUT2D eigenvalue weighted by atomic mass is 10.2. The van der Waals surface area contributed by atoms with E-state index in [1.807, 2.05) is 61.5 Å². The van der Waals surface area contributed by atoms with Gasteiger partial charge in [-0.25, -0.2) is 0 Å². The van der Waals surface area contributed by atoms with Gasteiger partial charge in [-0.3, -0.25) is 14.5 Å². The van der Waals surface area contributed by atoms with E-state index in [0.717, 1.165) is 23.0 Å². The van der Waals surface area contributed by atoms with E-state index in [0.29, 0.717) is 16.4 Å². The third kappa shape index (κ3) is 5.24. The minimum absolute atomic E-state index is 0.176. The fourth-order valence-electron chi connectivity index (χ4n) is 2.82. The highest BCUT2D eigenvalue weighted by atomic mass is 32.2. The zero-order chi connectivity index (χ0) is 21.5. The van der Waals surface area contributed by atoms with Gasteiger partial charge in [0.2, 0.25) is 0 Å². The summed E-state index contributed by atoms with van der Waals surface area (Å²) >= 11 is 0.938. The van der Waals surface area contributed by atoms with E-state index in [2.05, 4.69) is 0 Å². The van der Waals surface area contributed by atoms with Gasteiger partial charge in [-0.1, -0.05) is 36.4 Å². The van der Waals surface area contributed by atoms with Gasteiger partial charge in [0.1, 0.15) is 6.61 Å². The molecule has 1 heterocycles. The van der Waals surface area contributed by atoms with E-state index in [1.54, 1.807) is 31.4 Å². The zero-order valence-corrected chi connectivity index (χ0v) is 18.0. The number of para-hydroxylation sites is 2. The maximum atomic E-state index is 12.5. The Morgan fingerprint density at radius 2 is 1.73 bits per heavy atom. The highest BCUT2D eigenvalue weighted by Crippen LogP contribution is 2.31. The molecule has 2 amide bonds. The van der Waals surface area contributed by atoms with Crippen LogP contribution in [0.2, 0.25) is 0 Å². The lowest BCUT2D eigenvalue weighted by Crippen LogP contribution is -2.32. The molecular formula is C23H24N2O4S. The Bertz CT molecular complexity index is 967. The quantitative estimate of drug-likeness (QED) is 0.584. The van der Waals surface area contributed by atoms with Gasteiger partial charge in [0.15, 0.2) is 11.5 Å². The Kier molecular flexibility index (Phi) is 7.19. The minimum Gasteiger partial charge on any atom is -0.493 e. The van der Waals surface area contributed by atoms with Gasteiger partial charge in [0.05, 0.1) is 18.6 Å². The average Bonchev–Trinajstić information content (AvgIpc) is 3.02. The molecule has 6 nitrogen and oxygen atoms in total. The number of thioether (sulfide) groups is 1. The van der Waals surface area contributed by atoms with Crippen LogP contribution in [0.1, 0.15) is 5.56 Å². The molecule has 1 aliphatic heterocycles. The number of methoxy groups -OCH3 is 1. The predicted octanol–water partition coefficient (Wildman–Crippen LogP) is 4.43. The number of hydrogen-bond acceptors (Lipinski definition) is 6. The van der Waals surface area contributed by atoms with Crippen LogP contribution in [0.15, 0.2) is 65.6 Å². The van der Waals surface area contributed by atoms with Gasteiger partial charge in [0.25, 0.3) is 11.1 Å². The molecule has 2 aromatic carbocycles. The number of hydrogen-bond donors (Lipinski definition) is 0. The number of carbonyl (C=O) groups is 2. The minimum atomic E-state index is -0.304. The average molecular weight is 425 g/mol. The Labute approximate surface area is 180 Å². The Balaban J connectivity index is 1.57. The van der Waals surface area contributed by atoms with Gasteiger partial charge >= 0.3 is 0 Å². The van der Waals surface area contributed by atoms with Crippen LogP contribution >= 0.6 is 11.8 Å². The predicted molar refractivity (Wildman–Crippen MR) is 121 cm³/mol. The Morgan fingerprint density at radius 3 is 2.40 bits per heavy atom. The summed E-state index contributed by atoms with van der Waals surface area (Å²) in [6, 6.07) is 15.3. The van der Waals surface area contributed by atoms with Crippen molar-refractivity contribution in [1.82, 2.24) is 4.90 Å². The first-order valence-corrected chi connectivity index (χ1v) is 10.3. The first-order chi connectivity index (χ1) is 14.5. The van der Waals surface area contributed by atoms with Crippen molar-refractivity contribution < 1.29 is 19.1 Å². The van der Waals surface area contributed by atoms with Gasteiger partial charge in [-0.15, -0.1) is 0 Å². The molecule has 3 rings (SSSR count). The third-order valence-electron chi connectivity index (χ3n) is 4.46. The summed E-state index contributed by atoms with van der Waals surface area (Å²) in [7, 11) is 5.54. The van der Waals surface area contributed by atoms with Crippen LogP contribution in [-0.4, -0.2) is 50.4 Å². The molecule has 0 saturated carbocycles. The van der Waals surface area contributed by atoms with E-state index < -0.39 is 0 Å². The molecule has 0 bridgehead atoms. The van der Waals surface area contributed by atoms with Gasteiger partial charge < -0.3 is 14.4 Å². The zero-order valence-electron chi connectivity index (χ0n) is 17.2. The maximum absolute atomic E-state index is 12.5. The molecule has 1 aliphatic rings. The maximum Gasteiger partial charge on any atom is 0.293 e. The van der Waals surface area contributed by atoms with Crippen LogP contribution < -0.4 is 14.4 Å². The first kappa shape index (κ1) is 21.5. The summed E-state index contributed by atoms with van der Waals surface area (Å²) in [6.07, 6.45) is 5.36. The number of anilines is 1. The van der Waals surface area contributed by atoms with E-state index in [4.69, 9.17) is 9.47 Å². The smallest absolute Gasteiger partial charge is 0.293 e. The van der Waals surface area contributed by atoms with Crippen molar-refractivity contribution in [2.45, 2.75) is 0 Å². The van der Waals surface area contributed by atoms with Crippen molar-refractivity contribution in [2.75, 3.05) is 39.3 Å². The lowest BCUT2D eigenvalue weighted by molar-refractivity contribution is -0.123. The normalized spacial score (nSPS) is 15.3. The van der Waals surface area contributed by atoms with Crippen molar-refractivity contribution in [3.8, 4) is 11.5 Å². The molecule has 1 saturated heterocycles. The lowest BCUT2D eigenvalue weighted by Gasteiger charge is -2.14. The largest absolute Gasteiger partial charge is 0.493 e. The number of rotatable bonds is 8. The Morgan fingerprint density at radius 1 is 1.03 bits per heavy atom. The second-order valence-electron chi connectivity index (χ2n) is 6.70. The summed E-state index contributed by atoms with van der Waals surface area (Å²) < 4.78 is 10.9. The standard InChI is InChI=1S/C23H24N2O4S/c1-24(2)18-13-11-17(12-14-18)7-6-10-21-22(26)25(23(27)30-21)15-16-29-20-9-5-4-8-19(20)28-3/h4-14H,15-16H2,1-3H3/b7-6+,21-10-. The second kappa shape index (κ2) is 10.0. The number of benzene rings is 2. The summed E-state index contributed by atoms with van der Waals surface area (Å²) in [5, 5.41) is -0.293. The van der Waals surface area contributed by atoms with Crippen molar-refractivity contribution in [1.29, 1.82) is 0 Å². The highest BCUT2D eigenvalue weighted by Gasteiger charge is 2.34. The molecule has 0 N–H and O–H groups in total. The molecule has 7 heteroatoms. The second-order valence-corrected chi connectivity index (χ2v) is 7.69. The SMILES string of the molecule is COc1ccccc1OCCN1C(=O)S/C(=C\C=C\c2ccc(N(C)C)cc2)C1=O. The van der Waals surface area contributed by atoms with E-state index in [1.165, 1.54) is 4.90 Å². The van der Waals surface area contributed by atoms with Crippen LogP contribution in [0, 0.1) is 0 Å². The van der Waals surface area contributed by atoms with Gasteiger partial charge in [0, 0.05) is 19.8 Å². The summed E-state index contributed by atoms with van der Waals surface area (Å²) in [6.45, 7) is 0.371. The monoisotopic (exact) mass is 424 g/mol. The van der Waals surface area contributed by atoms with Crippen LogP contribution in [-0.2, 0) is 4.79 Å². The van der Waals surface area contributed by atoms with Gasteiger partial charge in [-0.2, -0.15) is 0 Å². The molecule has 0 radical (unpaired) electrons. The molecule has 156 valence electrons. The summed E-state index contributed by atoms with van der Waals surface area (Å²) in [5.74, 6) is 0.877. The molecule has 30 heavy (non-hydrogen) atoms. The van der Waals surface area contributed by atoms with Crippen LogP contribution in [0.25, 0.3) is 6.08 Å². The molecule has 0 atom stereocenters. The van der Waals surface area contributed by atoms with E-state index >= 15 is 0 Å². The fourth-order valence-corrected chi connectivity index (χ4v) is 3.64. The summed E-state index contributed by atoms with van der Waals surface area (Å²) in [4.78, 5) is 28.4. The Hall–Kier alpha value is -3.19. The van der Waals surface area contributed by atoms with Crippen LogP contribution in [0.5, 0.6) is 11.5 Å². The number of imide groups is 1. The first-order valence-electron chi connectivity index (χ1n) is 9.45. The summed E-state index contributed by atoms with van der Waals surface area (Å²) in [5.41, 5.74) is 2.13. The molecular weight excluding hydrogens is 400 g/mol. The van der Waals surface area contributed by atoms with E-state index in [9.17, 15) is 9.59 Å². The van der Waals surface area contributed by atoms with Crippen molar-refractivity contribution >= 4 is 34.7 Å². The topological polar surface area (TPSA) is 59.1 Å². The number of amides is 2. The van der Waals surface area contributed by atoms with Crippen LogP contribution in [0.4, 0.5) is 10.5 Å². The number of carbonyl (C=O) groups excluding carboxylic acids is 2. The number of ether oxygens (including phenoxy) is 2. The van der Waals surface area contributed by atoms with E-state index in [-0.39, 0.29) is 24.3 Å². The van der Waals surface area contributed by atoms with Gasteiger partial charge in [-0.05, 0) is 47.7 Å².